The molecule has 0 aliphatic carbocycles. The van der Waals surface area contributed by atoms with Crippen LogP contribution in [0.15, 0.2) is 48.5 Å². The first-order valence-electron chi connectivity index (χ1n) is 11.2. The number of carbonyl (C=O) groups excluding carboxylic acids is 1. The van der Waals surface area contributed by atoms with Gasteiger partial charge < -0.3 is 4.90 Å². The van der Waals surface area contributed by atoms with Gasteiger partial charge in [0.05, 0.1) is 6.07 Å². The molecule has 0 unspecified atom stereocenters. The van der Waals surface area contributed by atoms with Gasteiger partial charge in [0.15, 0.2) is 0 Å². The molecule has 0 spiro atoms. The molecule has 0 N–H and O–H groups in total. The van der Waals surface area contributed by atoms with Crippen molar-refractivity contribution in [3.05, 3.63) is 59.7 Å². The fourth-order valence-electron chi connectivity index (χ4n) is 4.69. The first-order valence-corrected chi connectivity index (χ1v) is 11.2. The Morgan fingerprint density at radius 2 is 1.68 bits per heavy atom. The van der Waals surface area contributed by atoms with Crippen LogP contribution >= 0.6 is 0 Å². The highest BCUT2D eigenvalue weighted by atomic mass is 16.2. The summed E-state index contributed by atoms with van der Waals surface area (Å²) in [5, 5.41) is 9.36. The van der Waals surface area contributed by atoms with Crippen molar-refractivity contribution in [2.45, 2.75) is 46.6 Å². The van der Waals surface area contributed by atoms with Crippen molar-refractivity contribution in [2.75, 3.05) is 27.2 Å². The van der Waals surface area contributed by atoms with E-state index in [1.54, 1.807) is 19.0 Å². The second kappa shape index (κ2) is 9.24. The number of rotatable bonds is 5. The average molecular weight is 418 g/mol. The Morgan fingerprint density at radius 3 is 2.23 bits per heavy atom. The van der Waals surface area contributed by atoms with E-state index in [-0.39, 0.29) is 16.7 Å². The largest absolute Gasteiger partial charge is 0.345 e. The van der Waals surface area contributed by atoms with Gasteiger partial charge in [-0.05, 0) is 59.5 Å². The average Bonchev–Trinajstić information content (AvgIpc) is 2.74. The molecule has 0 saturated carbocycles. The third kappa shape index (κ3) is 4.99. The van der Waals surface area contributed by atoms with E-state index in [1.807, 2.05) is 24.3 Å². The topological polar surface area (TPSA) is 47.3 Å². The second-order valence-electron chi connectivity index (χ2n) is 10.1. The molecule has 1 heterocycles. The molecule has 2 aromatic rings. The number of benzene rings is 2. The molecule has 1 aliphatic rings. The van der Waals surface area contributed by atoms with Gasteiger partial charge in [-0.25, -0.2) is 0 Å². The van der Waals surface area contributed by atoms with Crippen LogP contribution in [0.5, 0.6) is 0 Å². The van der Waals surface area contributed by atoms with Crippen LogP contribution in [0.3, 0.4) is 0 Å². The summed E-state index contributed by atoms with van der Waals surface area (Å²) in [7, 11) is 3.57. The van der Waals surface area contributed by atoms with Crippen molar-refractivity contribution in [2.24, 2.45) is 10.8 Å². The molecule has 4 nitrogen and oxygen atoms in total. The lowest BCUT2D eigenvalue weighted by atomic mass is 9.60. The molecule has 0 bridgehead atoms. The SMILES string of the molecule is CN(C)C(=O)c1ccccc1-c1ccc(CN2CCC(CC#N)(C(C)(C)C)CC2)cc1. The smallest absolute Gasteiger partial charge is 0.253 e. The first kappa shape index (κ1) is 23.0. The monoisotopic (exact) mass is 417 g/mol. The highest BCUT2D eigenvalue weighted by Crippen LogP contribution is 2.49. The van der Waals surface area contributed by atoms with Gasteiger partial charge in [-0.3, -0.25) is 9.69 Å². The molecule has 1 saturated heterocycles. The summed E-state index contributed by atoms with van der Waals surface area (Å²) in [6, 6.07) is 18.8. The maximum atomic E-state index is 12.5. The predicted molar refractivity (Wildman–Crippen MR) is 127 cm³/mol. The Kier molecular flexibility index (Phi) is 6.86. The van der Waals surface area contributed by atoms with Crippen LogP contribution in [0.1, 0.15) is 56.0 Å². The van der Waals surface area contributed by atoms with Crippen LogP contribution in [0.25, 0.3) is 11.1 Å². The molecule has 1 aliphatic heterocycles. The summed E-state index contributed by atoms with van der Waals surface area (Å²) in [6.45, 7) is 9.81. The van der Waals surface area contributed by atoms with E-state index in [9.17, 15) is 10.1 Å². The number of hydrogen-bond donors (Lipinski definition) is 0. The summed E-state index contributed by atoms with van der Waals surface area (Å²) in [6.07, 6.45) is 2.79. The molecule has 31 heavy (non-hydrogen) atoms. The van der Waals surface area contributed by atoms with E-state index in [1.165, 1.54) is 5.56 Å². The lowest BCUT2D eigenvalue weighted by molar-refractivity contribution is 0.00711. The van der Waals surface area contributed by atoms with Crippen LogP contribution in [0.4, 0.5) is 0 Å². The highest BCUT2D eigenvalue weighted by molar-refractivity contribution is 6.00. The molecule has 0 atom stereocenters. The minimum Gasteiger partial charge on any atom is -0.345 e. The summed E-state index contributed by atoms with van der Waals surface area (Å²) >= 11 is 0. The van der Waals surface area contributed by atoms with Crippen LogP contribution in [-0.4, -0.2) is 42.9 Å². The van der Waals surface area contributed by atoms with E-state index in [0.29, 0.717) is 6.42 Å². The third-order valence-electron chi connectivity index (χ3n) is 7.06. The van der Waals surface area contributed by atoms with Crippen molar-refractivity contribution >= 4 is 5.91 Å². The molecule has 3 rings (SSSR count). The Bertz CT molecular complexity index is 940. The van der Waals surface area contributed by atoms with E-state index in [4.69, 9.17) is 0 Å². The quantitative estimate of drug-likeness (QED) is 0.636. The maximum absolute atomic E-state index is 12.5. The van der Waals surface area contributed by atoms with Gasteiger partial charge in [0.1, 0.15) is 0 Å². The van der Waals surface area contributed by atoms with Crippen LogP contribution in [0.2, 0.25) is 0 Å². The zero-order valence-electron chi connectivity index (χ0n) is 19.6. The molecular weight excluding hydrogens is 382 g/mol. The maximum Gasteiger partial charge on any atom is 0.253 e. The summed E-state index contributed by atoms with van der Waals surface area (Å²) in [5.41, 5.74) is 4.31. The molecule has 4 heteroatoms. The van der Waals surface area contributed by atoms with Crippen LogP contribution < -0.4 is 0 Å². The molecule has 1 fully saturated rings. The Hall–Kier alpha value is -2.64. The Labute approximate surface area is 187 Å². The Morgan fingerprint density at radius 1 is 1.06 bits per heavy atom. The van der Waals surface area contributed by atoms with Crippen molar-refractivity contribution in [1.82, 2.24) is 9.80 Å². The molecule has 0 aromatic heterocycles. The number of nitriles is 1. The van der Waals surface area contributed by atoms with E-state index in [0.717, 1.165) is 49.2 Å². The van der Waals surface area contributed by atoms with Crippen molar-refractivity contribution < 1.29 is 4.79 Å². The van der Waals surface area contributed by atoms with Crippen LogP contribution in [0, 0.1) is 22.2 Å². The van der Waals surface area contributed by atoms with Gasteiger partial charge in [-0.15, -0.1) is 0 Å². The molecule has 0 radical (unpaired) electrons. The van der Waals surface area contributed by atoms with Crippen molar-refractivity contribution in [1.29, 1.82) is 5.26 Å². The minimum atomic E-state index is 0.0210. The molecule has 2 aromatic carbocycles. The van der Waals surface area contributed by atoms with E-state index >= 15 is 0 Å². The van der Waals surface area contributed by atoms with Crippen molar-refractivity contribution in [3.63, 3.8) is 0 Å². The lowest BCUT2D eigenvalue weighted by Crippen LogP contribution is -2.46. The predicted octanol–water partition coefficient (Wildman–Crippen LogP) is 5.60. The van der Waals surface area contributed by atoms with Crippen molar-refractivity contribution in [3.8, 4) is 17.2 Å². The zero-order valence-corrected chi connectivity index (χ0v) is 19.6. The summed E-state index contributed by atoms with van der Waals surface area (Å²) < 4.78 is 0. The van der Waals surface area contributed by atoms with Gasteiger partial charge in [0, 0.05) is 32.6 Å². The van der Waals surface area contributed by atoms with Gasteiger partial charge >= 0.3 is 0 Å². The number of nitrogens with zero attached hydrogens (tertiary/aromatic N) is 3. The Balaban J connectivity index is 1.70. The van der Waals surface area contributed by atoms with Gasteiger partial charge in [0.2, 0.25) is 0 Å². The van der Waals surface area contributed by atoms with E-state index in [2.05, 4.69) is 56.0 Å². The summed E-state index contributed by atoms with van der Waals surface area (Å²) in [5.74, 6) is 0.0210. The van der Waals surface area contributed by atoms with E-state index < -0.39 is 0 Å². The normalized spacial score (nSPS) is 16.5. The molecule has 1 amide bonds. The number of hydrogen-bond acceptors (Lipinski definition) is 3. The number of carbonyl (C=O) groups is 1. The fraction of sp³-hybridized carbons (Fsp3) is 0.481. The van der Waals surface area contributed by atoms with Gasteiger partial charge in [-0.1, -0.05) is 63.2 Å². The van der Waals surface area contributed by atoms with Gasteiger partial charge in [-0.2, -0.15) is 5.26 Å². The number of likely N-dealkylation sites (tertiary alicyclic amines) is 1. The second-order valence-corrected chi connectivity index (χ2v) is 10.1. The first-order chi connectivity index (χ1) is 14.7. The highest BCUT2D eigenvalue weighted by Gasteiger charge is 2.43. The third-order valence-corrected chi connectivity index (χ3v) is 7.06. The zero-order chi connectivity index (χ0) is 22.6. The fourth-order valence-corrected chi connectivity index (χ4v) is 4.69. The summed E-state index contributed by atoms with van der Waals surface area (Å²) in [4.78, 5) is 16.7. The lowest BCUT2D eigenvalue weighted by Gasteiger charge is -2.49. The number of amides is 1. The standard InChI is InChI=1S/C27H35N3O/c1-26(2,3)27(14-17-28)15-18-30(19-16-27)20-21-10-12-22(13-11-21)23-8-6-7-9-24(23)25(31)29(4)5/h6-13H,14-16,18-20H2,1-5H3. The van der Waals surface area contributed by atoms with Crippen LogP contribution in [-0.2, 0) is 6.54 Å². The van der Waals surface area contributed by atoms with Gasteiger partial charge in [0.25, 0.3) is 5.91 Å². The molecular formula is C27H35N3O. The molecule has 164 valence electrons. The minimum absolute atomic E-state index is 0.0210. The number of piperidine rings is 1.